The molecule has 0 aromatic carbocycles. The Hall–Kier alpha value is -1.33. The third kappa shape index (κ3) is 5.64. The Balaban J connectivity index is 1.51. The molecule has 2 N–H and O–H groups in total. The van der Waals surface area contributed by atoms with Gasteiger partial charge in [-0.05, 0) is 44.1 Å². The van der Waals surface area contributed by atoms with Crippen LogP contribution in [0.1, 0.15) is 71.1 Å². The van der Waals surface area contributed by atoms with Crippen molar-refractivity contribution in [3.05, 3.63) is 24.0 Å². The summed E-state index contributed by atoms with van der Waals surface area (Å²) >= 11 is 0. The van der Waals surface area contributed by atoms with Gasteiger partial charge in [0.2, 0.25) is 0 Å². The smallest absolute Gasteiger partial charge is 0.308 e. The van der Waals surface area contributed by atoms with E-state index in [1.54, 1.807) is 0 Å². The Kier molecular flexibility index (Phi) is 8.19. The van der Waals surface area contributed by atoms with Gasteiger partial charge in [0.15, 0.2) is 0 Å². The highest BCUT2D eigenvalue weighted by Crippen LogP contribution is 2.45. The van der Waals surface area contributed by atoms with Crippen LogP contribution in [-0.2, 0) is 14.3 Å². The minimum atomic E-state index is -0.394. The first-order valence-corrected chi connectivity index (χ1v) is 11.5. The second-order valence-corrected chi connectivity index (χ2v) is 9.08. The quantitative estimate of drug-likeness (QED) is 0.421. The summed E-state index contributed by atoms with van der Waals surface area (Å²) in [6.45, 7) is 2.13. The number of carbonyl (C=O) groups is 1. The minimum Gasteiger partial charge on any atom is -0.495 e. The number of methoxy groups -OCH3 is 1. The van der Waals surface area contributed by atoms with Gasteiger partial charge >= 0.3 is 5.97 Å². The molecular weight excluding hydrogens is 368 g/mol. The van der Waals surface area contributed by atoms with Gasteiger partial charge in [0, 0.05) is 24.7 Å². The Morgan fingerprint density at radius 3 is 2.79 bits per heavy atom. The van der Waals surface area contributed by atoms with E-state index in [0.717, 1.165) is 57.1 Å². The van der Waals surface area contributed by atoms with E-state index in [9.17, 15) is 15.0 Å². The molecule has 0 bridgehead atoms. The first kappa shape index (κ1) is 22.4. The molecule has 3 fully saturated rings. The summed E-state index contributed by atoms with van der Waals surface area (Å²) in [5, 5.41) is 20.7. The lowest BCUT2D eigenvalue weighted by Crippen LogP contribution is -2.25. The summed E-state index contributed by atoms with van der Waals surface area (Å²) in [6.07, 6.45) is 14.8. The number of fused-ring (bicyclic) bond motifs is 1. The van der Waals surface area contributed by atoms with Crippen LogP contribution >= 0.6 is 0 Å². The molecule has 1 aliphatic heterocycles. The van der Waals surface area contributed by atoms with E-state index in [1.807, 2.05) is 12.2 Å². The van der Waals surface area contributed by atoms with Crippen molar-refractivity contribution in [1.82, 2.24) is 0 Å². The van der Waals surface area contributed by atoms with Gasteiger partial charge in [0.1, 0.15) is 6.10 Å². The van der Waals surface area contributed by atoms with Crippen LogP contribution in [0.15, 0.2) is 24.0 Å². The number of rotatable bonds is 10. The maximum atomic E-state index is 12.0. The fraction of sp³-hybridized carbons (Fsp3) is 0.792. The molecule has 1 saturated heterocycles. The van der Waals surface area contributed by atoms with Gasteiger partial charge < -0.3 is 19.7 Å². The van der Waals surface area contributed by atoms with E-state index >= 15 is 0 Å². The van der Waals surface area contributed by atoms with Gasteiger partial charge in [-0.2, -0.15) is 0 Å². The number of unbranched alkanes of at least 4 members (excludes halogenated alkanes) is 1. The molecular formula is C24H38O5. The lowest BCUT2D eigenvalue weighted by molar-refractivity contribution is -0.145. The van der Waals surface area contributed by atoms with Crippen LogP contribution in [0.25, 0.3) is 0 Å². The molecule has 0 spiro atoms. The number of hydrogen-bond donors (Lipinski definition) is 2. The van der Waals surface area contributed by atoms with E-state index in [4.69, 9.17) is 9.47 Å². The highest BCUT2D eigenvalue weighted by atomic mass is 16.5. The van der Waals surface area contributed by atoms with Crippen molar-refractivity contribution in [2.24, 2.45) is 23.7 Å². The van der Waals surface area contributed by atoms with Crippen LogP contribution in [0.5, 0.6) is 0 Å². The van der Waals surface area contributed by atoms with Gasteiger partial charge in [0.05, 0.1) is 31.0 Å². The fourth-order valence-electron chi connectivity index (χ4n) is 5.01. The van der Waals surface area contributed by atoms with Crippen molar-refractivity contribution < 1.29 is 24.5 Å². The molecule has 5 nitrogen and oxygen atoms in total. The first-order chi connectivity index (χ1) is 14.0. The summed E-state index contributed by atoms with van der Waals surface area (Å²) in [4.78, 5) is 12.0. The molecule has 6 atom stereocenters. The third-order valence-electron chi connectivity index (χ3n) is 7.12. The molecule has 0 aromatic rings. The molecule has 0 aromatic heterocycles. The molecule has 164 valence electrons. The molecule has 3 aliphatic rings. The zero-order valence-electron chi connectivity index (χ0n) is 18.0. The average molecular weight is 407 g/mol. The van der Waals surface area contributed by atoms with Crippen LogP contribution in [0.3, 0.4) is 0 Å². The SMILES string of the molecule is CCCCC(CCC=C1C[C@@H]2[C@@H](C=C[C@H](O)C3CCC3)[C@H](O)C[C@H]2O1)C(=O)OC. The molecule has 3 rings (SSSR count). The topological polar surface area (TPSA) is 76.0 Å². The molecule has 5 heteroatoms. The van der Waals surface area contributed by atoms with Crippen molar-refractivity contribution in [3.63, 3.8) is 0 Å². The number of aliphatic hydroxyl groups excluding tert-OH is 2. The van der Waals surface area contributed by atoms with E-state index in [-0.39, 0.29) is 35.9 Å². The van der Waals surface area contributed by atoms with Gasteiger partial charge in [0.25, 0.3) is 0 Å². The predicted molar refractivity (Wildman–Crippen MR) is 112 cm³/mol. The Labute approximate surface area is 175 Å². The van der Waals surface area contributed by atoms with E-state index in [0.29, 0.717) is 12.3 Å². The second-order valence-electron chi connectivity index (χ2n) is 9.08. The molecule has 1 heterocycles. The number of ether oxygens (including phenoxy) is 2. The zero-order valence-corrected chi connectivity index (χ0v) is 18.0. The standard InChI is InChI=1S/C24H38O5/c1-3-4-7-17(24(27)28-2)10-6-11-18-14-20-19(22(26)15-23(20)29-18)12-13-21(25)16-8-5-9-16/h11-13,16-17,19-23,25-26H,3-10,14-15H2,1-2H3/t17?,19-,20-,21+,22-,23-/m1/s1. The van der Waals surface area contributed by atoms with Crippen LogP contribution < -0.4 is 0 Å². The molecule has 1 unspecified atom stereocenters. The van der Waals surface area contributed by atoms with Gasteiger partial charge in [-0.15, -0.1) is 0 Å². The predicted octanol–water partition coefficient (Wildman–Crippen LogP) is 4.13. The number of aliphatic hydroxyl groups is 2. The molecule has 2 aliphatic carbocycles. The summed E-state index contributed by atoms with van der Waals surface area (Å²) in [5.74, 6) is 1.56. The zero-order chi connectivity index (χ0) is 20.8. The van der Waals surface area contributed by atoms with Gasteiger partial charge in [-0.1, -0.05) is 38.3 Å². The maximum Gasteiger partial charge on any atom is 0.308 e. The van der Waals surface area contributed by atoms with Crippen LogP contribution in [0.2, 0.25) is 0 Å². The van der Waals surface area contributed by atoms with Gasteiger partial charge in [-0.3, -0.25) is 4.79 Å². The first-order valence-electron chi connectivity index (χ1n) is 11.5. The van der Waals surface area contributed by atoms with E-state index in [1.165, 1.54) is 13.5 Å². The van der Waals surface area contributed by atoms with Crippen LogP contribution in [0, 0.1) is 23.7 Å². The molecule has 2 saturated carbocycles. The minimum absolute atomic E-state index is 0.0387. The second kappa shape index (κ2) is 10.6. The normalized spacial score (nSPS) is 32.8. The van der Waals surface area contributed by atoms with Crippen LogP contribution in [-0.4, -0.2) is 41.6 Å². The highest BCUT2D eigenvalue weighted by molar-refractivity contribution is 5.72. The maximum absolute atomic E-state index is 12.0. The lowest BCUT2D eigenvalue weighted by Gasteiger charge is -2.28. The number of carbonyl (C=O) groups excluding carboxylic acids is 1. The van der Waals surface area contributed by atoms with E-state index in [2.05, 4.69) is 13.0 Å². The largest absolute Gasteiger partial charge is 0.495 e. The monoisotopic (exact) mass is 406 g/mol. The highest BCUT2D eigenvalue weighted by Gasteiger charge is 2.47. The van der Waals surface area contributed by atoms with E-state index < -0.39 is 6.10 Å². The van der Waals surface area contributed by atoms with Crippen molar-refractivity contribution in [2.75, 3.05) is 7.11 Å². The van der Waals surface area contributed by atoms with Gasteiger partial charge in [-0.25, -0.2) is 0 Å². The van der Waals surface area contributed by atoms with Crippen molar-refractivity contribution >= 4 is 5.97 Å². The number of allylic oxidation sites excluding steroid dienone is 2. The number of esters is 1. The summed E-state index contributed by atoms with van der Waals surface area (Å²) in [6, 6.07) is 0. The summed E-state index contributed by atoms with van der Waals surface area (Å²) < 4.78 is 11.1. The molecule has 29 heavy (non-hydrogen) atoms. The molecule has 0 radical (unpaired) electrons. The molecule has 0 amide bonds. The Bertz CT molecular complexity index is 594. The Morgan fingerprint density at radius 1 is 1.34 bits per heavy atom. The van der Waals surface area contributed by atoms with Crippen LogP contribution in [0.4, 0.5) is 0 Å². The van der Waals surface area contributed by atoms with Crippen molar-refractivity contribution in [3.8, 4) is 0 Å². The summed E-state index contributed by atoms with van der Waals surface area (Å²) in [7, 11) is 1.46. The summed E-state index contributed by atoms with van der Waals surface area (Å²) in [5.41, 5.74) is 0. The third-order valence-corrected chi connectivity index (χ3v) is 7.12. The van der Waals surface area contributed by atoms with Crippen molar-refractivity contribution in [1.29, 1.82) is 0 Å². The Morgan fingerprint density at radius 2 is 2.14 bits per heavy atom. The average Bonchev–Trinajstić information content (AvgIpc) is 3.17. The fourth-order valence-corrected chi connectivity index (χ4v) is 5.01. The lowest BCUT2D eigenvalue weighted by atomic mass is 9.80. The van der Waals surface area contributed by atoms with Crippen molar-refractivity contribution in [2.45, 2.75) is 89.4 Å². The number of hydrogen-bond acceptors (Lipinski definition) is 5.